The summed E-state index contributed by atoms with van der Waals surface area (Å²) in [7, 11) is 0. The Bertz CT molecular complexity index is 1370. The van der Waals surface area contributed by atoms with Gasteiger partial charge in [0.1, 0.15) is 11.6 Å². The maximum absolute atomic E-state index is 12.7. The molecule has 0 aliphatic heterocycles. The molecule has 0 fully saturated rings. The molecule has 1 heterocycles. The maximum Gasteiger partial charge on any atom is 0.261 e. The highest BCUT2D eigenvalue weighted by Crippen LogP contribution is 2.28. The Morgan fingerprint density at radius 3 is 2.29 bits per heavy atom. The number of nitriles is 1. The summed E-state index contributed by atoms with van der Waals surface area (Å²) in [5, 5.41) is 18.3. The minimum absolute atomic E-state index is 0.00516. The molecule has 1 aromatic heterocycles. The Balaban J connectivity index is 1.61. The second-order valence-corrected chi connectivity index (χ2v) is 8.67. The van der Waals surface area contributed by atoms with Gasteiger partial charge in [0.25, 0.3) is 5.91 Å². The minimum Gasteiger partial charge on any atom is -0.351 e. The number of hydrogen-bond acceptors (Lipinski definition) is 3. The fraction of sp³-hybridized carbons (Fsp3) is 0.107. The molecule has 5 nitrogen and oxygen atoms in total. The molecule has 35 heavy (non-hydrogen) atoms. The van der Waals surface area contributed by atoms with Gasteiger partial charge in [-0.2, -0.15) is 10.4 Å². The number of amides is 1. The van der Waals surface area contributed by atoms with Gasteiger partial charge in [0, 0.05) is 39.5 Å². The Labute approximate surface area is 214 Å². The molecule has 4 rings (SSSR count). The van der Waals surface area contributed by atoms with Crippen molar-refractivity contribution in [2.45, 2.75) is 13.0 Å². The van der Waals surface area contributed by atoms with E-state index in [0.29, 0.717) is 40.8 Å². The van der Waals surface area contributed by atoms with Gasteiger partial charge in [0.15, 0.2) is 0 Å². The fourth-order valence-electron chi connectivity index (χ4n) is 3.65. The summed E-state index contributed by atoms with van der Waals surface area (Å²) in [6.07, 6.45) is 4.03. The predicted molar refractivity (Wildman–Crippen MR) is 140 cm³/mol. The van der Waals surface area contributed by atoms with E-state index in [1.54, 1.807) is 35.2 Å². The van der Waals surface area contributed by atoms with Crippen LogP contribution in [0.2, 0.25) is 10.0 Å². The van der Waals surface area contributed by atoms with Crippen molar-refractivity contribution in [1.29, 1.82) is 5.26 Å². The van der Waals surface area contributed by atoms with E-state index in [1.165, 1.54) is 0 Å². The van der Waals surface area contributed by atoms with Gasteiger partial charge in [-0.15, -0.1) is 0 Å². The topological polar surface area (TPSA) is 70.7 Å². The normalized spacial score (nSPS) is 11.2. The third kappa shape index (κ3) is 6.19. The number of hydrogen-bond donors (Lipinski definition) is 1. The third-order valence-corrected chi connectivity index (χ3v) is 6.13. The summed E-state index contributed by atoms with van der Waals surface area (Å²) >= 11 is 12.7. The average molecular weight is 501 g/mol. The van der Waals surface area contributed by atoms with Crippen LogP contribution >= 0.6 is 23.2 Å². The monoisotopic (exact) mass is 500 g/mol. The van der Waals surface area contributed by atoms with Crippen molar-refractivity contribution in [2.24, 2.45) is 0 Å². The lowest BCUT2D eigenvalue weighted by Crippen LogP contribution is -2.26. The zero-order valence-corrected chi connectivity index (χ0v) is 20.3. The molecule has 0 aliphatic rings. The summed E-state index contributed by atoms with van der Waals surface area (Å²) in [6, 6.07) is 26.8. The Morgan fingerprint density at radius 2 is 1.63 bits per heavy atom. The zero-order chi connectivity index (χ0) is 24.6. The number of nitrogens with one attached hydrogen (secondary N) is 1. The highest BCUT2D eigenvalue weighted by atomic mass is 35.5. The first-order valence-corrected chi connectivity index (χ1v) is 11.8. The number of aromatic nitrogens is 2. The lowest BCUT2D eigenvalue weighted by molar-refractivity contribution is -0.117. The smallest absolute Gasteiger partial charge is 0.261 e. The van der Waals surface area contributed by atoms with Crippen LogP contribution in [-0.4, -0.2) is 22.2 Å². The van der Waals surface area contributed by atoms with Crippen molar-refractivity contribution in [2.75, 3.05) is 6.54 Å². The van der Waals surface area contributed by atoms with Crippen LogP contribution in [0.25, 0.3) is 17.3 Å². The average Bonchev–Trinajstić information content (AvgIpc) is 3.28. The van der Waals surface area contributed by atoms with Crippen molar-refractivity contribution in [3.63, 3.8) is 0 Å². The molecule has 1 N–H and O–H groups in total. The van der Waals surface area contributed by atoms with E-state index < -0.39 is 5.91 Å². The molecule has 174 valence electrons. The summed E-state index contributed by atoms with van der Waals surface area (Å²) in [6.45, 7) is 0.773. The van der Waals surface area contributed by atoms with Crippen LogP contribution in [0.1, 0.15) is 16.7 Å². The van der Waals surface area contributed by atoms with Gasteiger partial charge in [-0.1, -0.05) is 89.9 Å². The second kappa shape index (κ2) is 11.5. The molecule has 0 aliphatic carbocycles. The van der Waals surface area contributed by atoms with Gasteiger partial charge in [-0.3, -0.25) is 9.48 Å². The van der Waals surface area contributed by atoms with E-state index in [0.717, 1.165) is 16.7 Å². The second-order valence-electron chi connectivity index (χ2n) is 7.86. The molecule has 7 heteroatoms. The van der Waals surface area contributed by atoms with Crippen molar-refractivity contribution < 1.29 is 4.79 Å². The van der Waals surface area contributed by atoms with E-state index in [1.807, 2.05) is 66.7 Å². The first-order valence-electron chi connectivity index (χ1n) is 11.0. The van der Waals surface area contributed by atoms with E-state index >= 15 is 0 Å². The maximum atomic E-state index is 12.7. The predicted octanol–water partition coefficient (Wildman–Crippen LogP) is 6.17. The molecule has 0 radical (unpaired) electrons. The Hall–Kier alpha value is -3.85. The quantitative estimate of drug-likeness (QED) is 0.232. The number of benzene rings is 3. The van der Waals surface area contributed by atoms with Gasteiger partial charge in [-0.05, 0) is 30.2 Å². The van der Waals surface area contributed by atoms with Gasteiger partial charge in [-0.25, -0.2) is 0 Å². The van der Waals surface area contributed by atoms with Crippen LogP contribution in [0.3, 0.4) is 0 Å². The lowest BCUT2D eigenvalue weighted by atomic mass is 10.1. The highest BCUT2D eigenvalue weighted by molar-refractivity contribution is 6.36. The van der Waals surface area contributed by atoms with Crippen molar-refractivity contribution in [1.82, 2.24) is 15.1 Å². The van der Waals surface area contributed by atoms with Crippen molar-refractivity contribution in [3.05, 3.63) is 117 Å². The van der Waals surface area contributed by atoms with Crippen molar-refractivity contribution >= 4 is 35.2 Å². The Kier molecular flexibility index (Phi) is 7.99. The number of carbonyl (C=O) groups excluding carboxylic acids is 1. The van der Waals surface area contributed by atoms with Crippen LogP contribution < -0.4 is 5.32 Å². The molecular weight excluding hydrogens is 479 g/mol. The molecule has 0 spiro atoms. The summed E-state index contributed by atoms with van der Waals surface area (Å²) in [5.41, 5.74) is 4.02. The number of carbonyl (C=O) groups is 1. The van der Waals surface area contributed by atoms with Gasteiger partial charge >= 0.3 is 0 Å². The highest BCUT2D eigenvalue weighted by Gasteiger charge is 2.15. The van der Waals surface area contributed by atoms with E-state index in [2.05, 4.69) is 5.32 Å². The van der Waals surface area contributed by atoms with E-state index in [-0.39, 0.29) is 5.57 Å². The van der Waals surface area contributed by atoms with Crippen molar-refractivity contribution in [3.8, 4) is 17.3 Å². The molecule has 1 amide bonds. The lowest BCUT2D eigenvalue weighted by Gasteiger charge is -2.06. The molecule has 0 atom stereocenters. The summed E-state index contributed by atoms with van der Waals surface area (Å²) in [4.78, 5) is 12.7. The summed E-state index contributed by atoms with van der Waals surface area (Å²) in [5.74, 6) is -0.427. The SMILES string of the molecule is N#C/C(=C\c1cn(Cc2c(Cl)cccc2Cl)nc1-c1ccccc1)C(=O)NCCc1ccccc1. The Morgan fingerprint density at radius 1 is 0.971 bits per heavy atom. The van der Waals surface area contributed by atoms with E-state index in [9.17, 15) is 10.1 Å². The molecule has 3 aromatic carbocycles. The number of rotatable bonds is 8. The van der Waals surface area contributed by atoms with Gasteiger partial charge < -0.3 is 5.32 Å². The van der Waals surface area contributed by atoms with Crippen LogP contribution in [0.5, 0.6) is 0 Å². The molecule has 0 saturated carbocycles. The zero-order valence-electron chi connectivity index (χ0n) is 18.8. The minimum atomic E-state index is -0.427. The van der Waals surface area contributed by atoms with Gasteiger partial charge in [0.2, 0.25) is 0 Å². The van der Waals surface area contributed by atoms with Crippen LogP contribution in [-0.2, 0) is 17.8 Å². The summed E-state index contributed by atoms with van der Waals surface area (Å²) < 4.78 is 1.71. The largest absolute Gasteiger partial charge is 0.351 e. The number of nitrogens with zero attached hydrogens (tertiary/aromatic N) is 3. The van der Waals surface area contributed by atoms with Crippen LogP contribution in [0.4, 0.5) is 0 Å². The molecule has 0 saturated heterocycles. The van der Waals surface area contributed by atoms with Gasteiger partial charge in [0.05, 0.1) is 12.2 Å². The van der Waals surface area contributed by atoms with Crippen LogP contribution in [0.15, 0.2) is 90.6 Å². The van der Waals surface area contributed by atoms with E-state index in [4.69, 9.17) is 28.3 Å². The fourth-order valence-corrected chi connectivity index (χ4v) is 4.17. The molecular formula is C28H22Cl2N4O. The first-order chi connectivity index (χ1) is 17.0. The molecule has 0 bridgehead atoms. The third-order valence-electron chi connectivity index (χ3n) is 5.43. The number of halogens is 2. The molecule has 4 aromatic rings. The first kappa shape index (κ1) is 24.3. The van der Waals surface area contributed by atoms with Crippen LogP contribution in [0, 0.1) is 11.3 Å². The standard InChI is InChI=1S/C28H22Cl2N4O/c29-25-12-7-13-26(30)24(25)19-34-18-23(27(33-34)21-10-5-2-6-11-21)16-22(17-31)28(35)32-15-14-20-8-3-1-4-9-20/h1-13,16,18H,14-15,19H2,(H,32,35)/b22-16+. The molecule has 0 unspecified atom stereocenters.